The van der Waals surface area contributed by atoms with Crippen LogP contribution < -0.4 is 10.6 Å². The van der Waals surface area contributed by atoms with Crippen LogP contribution in [0, 0.1) is 11.6 Å². The Labute approximate surface area is 93.8 Å². The zero-order valence-electron chi connectivity index (χ0n) is 7.20. The molecule has 0 bridgehead atoms. The molecular formula is C8H7BrF2N2S. The highest BCUT2D eigenvalue weighted by atomic mass is 79.9. The molecule has 0 spiro atoms. The van der Waals surface area contributed by atoms with E-state index in [-0.39, 0.29) is 15.3 Å². The van der Waals surface area contributed by atoms with Crippen molar-refractivity contribution in [3.05, 3.63) is 28.2 Å². The van der Waals surface area contributed by atoms with Gasteiger partial charge in [-0.05, 0) is 34.2 Å². The Kier molecular flexibility index (Phi) is 3.77. The fraction of sp³-hybridized carbons (Fsp3) is 0.125. The Balaban J connectivity index is 3.02. The van der Waals surface area contributed by atoms with Gasteiger partial charge in [0.2, 0.25) is 0 Å². The third-order valence-corrected chi connectivity index (χ3v) is 2.40. The first-order valence-electron chi connectivity index (χ1n) is 3.68. The molecule has 0 aromatic heterocycles. The Morgan fingerprint density at radius 3 is 2.57 bits per heavy atom. The van der Waals surface area contributed by atoms with Crippen molar-refractivity contribution in [1.29, 1.82) is 0 Å². The quantitative estimate of drug-likeness (QED) is 0.774. The lowest BCUT2D eigenvalue weighted by molar-refractivity contribution is 0.585. The van der Waals surface area contributed by atoms with Gasteiger partial charge in [0.25, 0.3) is 0 Å². The van der Waals surface area contributed by atoms with Crippen molar-refractivity contribution < 1.29 is 8.78 Å². The SMILES string of the molecule is CNC(=S)Nc1c(F)cc(F)cc1Br. The molecule has 2 nitrogen and oxygen atoms in total. The molecule has 0 saturated heterocycles. The van der Waals surface area contributed by atoms with E-state index in [0.29, 0.717) is 0 Å². The number of nitrogens with one attached hydrogen (secondary N) is 2. The van der Waals surface area contributed by atoms with Crippen LogP contribution in [0.1, 0.15) is 0 Å². The lowest BCUT2D eigenvalue weighted by atomic mass is 10.3. The van der Waals surface area contributed by atoms with Gasteiger partial charge in [0.1, 0.15) is 5.82 Å². The van der Waals surface area contributed by atoms with Crippen LogP contribution in [0.4, 0.5) is 14.5 Å². The van der Waals surface area contributed by atoms with E-state index in [1.54, 1.807) is 7.05 Å². The van der Waals surface area contributed by atoms with Gasteiger partial charge in [-0.1, -0.05) is 0 Å². The van der Waals surface area contributed by atoms with E-state index in [1.807, 2.05) is 0 Å². The van der Waals surface area contributed by atoms with Crippen LogP contribution in [0.5, 0.6) is 0 Å². The summed E-state index contributed by atoms with van der Waals surface area (Å²) < 4.78 is 26.2. The van der Waals surface area contributed by atoms with E-state index in [0.717, 1.165) is 12.1 Å². The monoisotopic (exact) mass is 280 g/mol. The molecule has 6 heteroatoms. The molecular weight excluding hydrogens is 274 g/mol. The fourth-order valence-electron chi connectivity index (χ4n) is 0.838. The number of halogens is 3. The first-order chi connectivity index (χ1) is 6.54. The van der Waals surface area contributed by atoms with Crippen molar-refractivity contribution >= 4 is 38.9 Å². The van der Waals surface area contributed by atoms with Crippen LogP contribution >= 0.6 is 28.1 Å². The summed E-state index contributed by atoms with van der Waals surface area (Å²) in [5.41, 5.74) is 0.116. The molecule has 0 saturated carbocycles. The lowest BCUT2D eigenvalue weighted by Gasteiger charge is -2.09. The number of anilines is 1. The molecule has 0 amide bonds. The standard InChI is InChI=1S/C8H7BrF2N2S/c1-12-8(14)13-7-5(9)2-4(10)3-6(7)11/h2-3H,1H3,(H2,12,13,14). The molecule has 1 aromatic rings. The maximum atomic E-state index is 13.2. The summed E-state index contributed by atoms with van der Waals surface area (Å²) in [5.74, 6) is -1.34. The summed E-state index contributed by atoms with van der Waals surface area (Å²) >= 11 is 7.81. The highest BCUT2D eigenvalue weighted by molar-refractivity contribution is 9.10. The minimum Gasteiger partial charge on any atom is -0.366 e. The van der Waals surface area contributed by atoms with E-state index < -0.39 is 11.6 Å². The largest absolute Gasteiger partial charge is 0.366 e. The maximum absolute atomic E-state index is 13.2. The van der Waals surface area contributed by atoms with Crippen molar-refractivity contribution in [2.24, 2.45) is 0 Å². The van der Waals surface area contributed by atoms with E-state index >= 15 is 0 Å². The molecule has 14 heavy (non-hydrogen) atoms. The Morgan fingerprint density at radius 2 is 2.07 bits per heavy atom. The smallest absolute Gasteiger partial charge is 0.170 e. The second kappa shape index (κ2) is 4.65. The van der Waals surface area contributed by atoms with Gasteiger partial charge in [0.15, 0.2) is 10.9 Å². The van der Waals surface area contributed by atoms with Crippen LogP contribution in [-0.2, 0) is 0 Å². The highest BCUT2D eigenvalue weighted by Crippen LogP contribution is 2.26. The molecule has 1 aromatic carbocycles. The number of rotatable bonds is 1. The maximum Gasteiger partial charge on any atom is 0.170 e. The van der Waals surface area contributed by atoms with Gasteiger partial charge in [-0.25, -0.2) is 8.78 Å². The number of hydrogen-bond acceptors (Lipinski definition) is 1. The van der Waals surface area contributed by atoms with E-state index in [1.165, 1.54) is 0 Å². The van der Waals surface area contributed by atoms with Crippen molar-refractivity contribution in [3.63, 3.8) is 0 Å². The fourth-order valence-corrected chi connectivity index (χ4v) is 1.45. The lowest BCUT2D eigenvalue weighted by Crippen LogP contribution is -2.24. The molecule has 0 radical (unpaired) electrons. The van der Waals surface area contributed by atoms with Crippen LogP contribution in [0.2, 0.25) is 0 Å². The summed E-state index contributed by atoms with van der Waals surface area (Å²) in [6, 6.07) is 1.94. The molecule has 0 heterocycles. The third-order valence-electron chi connectivity index (χ3n) is 1.47. The van der Waals surface area contributed by atoms with Crippen LogP contribution in [0.15, 0.2) is 16.6 Å². The zero-order valence-corrected chi connectivity index (χ0v) is 9.60. The molecule has 0 aliphatic carbocycles. The summed E-state index contributed by atoms with van der Waals surface area (Å²) in [4.78, 5) is 0. The summed E-state index contributed by atoms with van der Waals surface area (Å²) in [6.45, 7) is 0. The zero-order chi connectivity index (χ0) is 10.7. The van der Waals surface area contributed by atoms with E-state index in [2.05, 4.69) is 26.6 Å². The summed E-state index contributed by atoms with van der Waals surface area (Å²) in [6.07, 6.45) is 0. The number of benzene rings is 1. The van der Waals surface area contributed by atoms with Crippen molar-refractivity contribution in [3.8, 4) is 0 Å². The Morgan fingerprint density at radius 1 is 1.43 bits per heavy atom. The van der Waals surface area contributed by atoms with Crippen LogP contribution in [0.3, 0.4) is 0 Å². The Bertz CT molecular complexity index is 347. The molecule has 1 rings (SSSR count). The topological polar surface area (TPSA) is 24.1 Å². The summed E-state index contributed by atoms with van der Waals surface area (Å²) in [5, 5.41) is 5.47. The molecule has 76 valence electrons. The van der Waals surface area contributed by atoms with Gasteiger partial charge in [-0.2, -0.15) is 0 Å². The predicted octanol–water partition coefficient (Wildman–Crippen LogP) is 2.64. The third kappa shape index (κ3) is 2.62. The molecule has 0 atom stereocenters. The van der Waals surface area contributed by atoms with E-state index in [4.69, 9.17) is 12.2 Å². The number of hydrogen-bond donors (Lipinski definition) is 2. The van der Waals surface area contributed by atoms with Gasteiger partial charge in [-0.15, -0.1) is 0 Å². The molecule has 0 unspecified atom stereocenters. The second-order valence-electron chi connectivity index (χ2n) is 2.45. The van der Waals surface area contributed by atoms with Gasteiger partial charge in [0, 0.05) is 17.6 Å². The van der Waals surface area contributed by atoms with Crippen molar-refractivity contribution in [1.82, 2.24) is 5.32 Å². The Hall–Kier alpha value is -0.750. The van der Waals surface area contributed by atoms with Gasteiger partial charge in [-0.3, -0.25) is 0 Å². The summed E-state index contributed by atoms with van der Waals surface area (Å²) in [7, 11) is 1.60. The van der Waals surface area contributed by atoms with Gasteiger partial charge >= 0.3 is 0 Å². The van der Waals surface area contributed by atoms with Crippen molar-refractivity contribution in [2.45, 2.75) is 0 Å². The van der Waals surface area contributed by atoms with Gasteiger partial charge in [0.05, 0.1) is 5.69 Å². The minimum atomic E-state index is -0.700. The normalized spacial score (nSPS) is 9.71. The highest BCUT2D eigenvalue weighted by Gasteiger charge is 2.09. The molecule has 0 aliphatic heterocycles. The molecule has 2 N–H and O–H groups in total. The molecule has 0 aliphatic rings. The van der Waals surface area contributed by atoms with Crippen LogP contribution in [0.25, 0.3) is 0 Å². The first-order valence-corrected chi connectivity index (χ1v) is 4.88. The van der Waals surface area contributed by atoms with Gasteiger partial charge < -0.3 is 10.6 Å². The predicted molar refractivity (Wildman–Crippen MR) is 59.3 cm³/mol. The average Bonchev–Trinajstić information content (AvgIpc) is 2.10. The average molecular weight is 281 g/mol. The first kappa shape index (κ1) is 11.3. The number of thiocarbonyl (C=S) groups is 1. The second-order valence-corrected chi connectivity index (χ2v) is 3.71. The molecule has 0 fully saturated rings. The van der Waals surface area contributed by atoms with E-state index in [9.17, 15) is 8.78 Å². The van der Waals surface area contributed by atoms with Crippen LogP contribution in [-0.4, -0.2) is 12.2 Å². The van der Waals surface area contributed by atoms with Crippen molar-refractivity contribution in [2.75, 3.05) is 12.4 Å². The minimum absolute atomic E-state index is 0.116.